The van der Waals surface area contributed by atoms with Gasteiger partial charge in [0, 0.05) is 19.3 Å². The molecule has 0 aliphatic carbocycles. The molecule has 1 atom stereocenters. The molecule has 0 bridgehead atoms. The van der Waals surface area contributed by atoms with Crippen molar-refractivity contribution in [1.29, 1.82) is 0 Å². The van der Waals surface area contributed by atoms with E-state index < -0.39 is 6.10 Å². The number of ether oxygens (including phenoxy) is 3. The molecule has 338 valence electrons. The fraction of sp³-hybridized carbons (Fsp3) is 0.941. The van der Waals surface area contributed by atoms with Crippen LogP contribution in [-0.2, 0) is 28.6 Å². The third-order valence-corrected chi connectivity index (χ3v) is 11.5. The van der Waals surface area contributed by atoms with E-state index in [-0.39, 0.29) is 31.1 Å². The molecule has 0 aliphatic heterocycles. The number of unbranched alkanes of at least 4 members (excludes halogenated alkanes) is 33. The van der Waals surface area contributed by atoms with E-state index in [0.717, 1.165) is 70.1 Å². The lowest BCUT2D eigenvalue weighted by molar-refractivity contribution is -0.167. The zero-order valence-electron chi connectivity index (χ0n) is 38.8. The standard InChI is InChI=1S/C51H98O6/c1-5-7-9-11-12-13-14-15-16-17-18-19-22-25-28-31-35-38-42-49(52)55-45-48(57-51(54)44-40-33-10-8-6-2)46-56-50(53)43-39-36-32-29-26-23-20-21-24-27-30-34-37-41-47(3)4/h47-48H,5-46H2,1-4H3/t48-/m1/s1. The van der Waals surface area contributed by atoms with Gasteiger partial charge in [-0.3, -0.25) is 14.4 Å². The minimum Gasteiger partial charge on any atom is -0.462 e. The van der Waals surface area contributed by atoms with E-state index in [0.29, 0.717) is 19.3 Å². The minimum absolute atomic E-state index is 0.0645. The van der Waals surface area contributed by atoms with Crippen molar-refractivity contribution in [3.8, 4) is 0 Å². The van der Waals surface area contributed by atoms with Crippen LogP contribution in [0.5, 0.6) is 0 Å². The molecule has 0 rings (SSSR count). The van der Waals surface area contributed by atoms with Crippen molar-refractivity contribution in [2.75, 3.05) is 13.2 Å². The normalized spacial score (nSPS) is 11.9. The Bertz CT molecular complexity index is 857. The van der Waals surface area contributed by atoms with Crippen molar-refractivity contribution in [1.82, 2.24) is 0 Å². The van der Waals surface area contributed by atoms with Crippen LogP contribution in [0.15, 0.2) is 0 Å². The number of rotatable bonds is 46. The molecule has 0 aliphatic rings. The Morgan fingerprint density at radius 2 is 0.579 bits per heavy atom. The van der Waals surface area contributed by atoms with Gasteiger partial charge in [0.15, 0.2) is 6.10 Å². The van der Waals surface area contributed by atoms with Crippen LogP contribution in [0, 0.1) is 5.92 Å². The fourth-order valence-corrected chi connectivity index (χ4v) is 7.69. The van der Waals surface area contributed by atoms with Gasteiger partial charge in [-0.2, -0.15) is 0 Å². The monoisotopic (exact) mass is 807 g/mol. The van der Waals surface area contributed by atoms with Crippen LogP contribution in [0.3, 0.4) is 0 Å². The van der Waals surface area contributed by atoms with E-state index in [1.54, 1.807) is 0 Å². The van der Waals surface area contributed by atoms with Crippen molar-refractivity contribution in [2.45, 2.75) is 291 Å². The summed E-state index contributed by atoms with van der Waals surface area (Å²) < 4.78 is 16.7. The predicted molar refractivity (Wildman–Crippen MR) is 243 cm³/mol. The Kier molecular flexibility index (Phi) is 44.2. The SMILES string of the molecule is CCCCCCCCCCCCCCCCCCCCC(=O)OC[C@H](COC(=O)CCCCCCCCCCCCCCCC(C)C)OC(=O)CCCCCCC. The maximum absolute atomic E-state index is 12.6. The molecule has 6 heteroatoms. The predicted octanol–water partition coefficient (Wildman–Crippen LogP) is 16.3. The van der Waals surface area contributed by atoms with Crippen molar-refractivity contribution in [3.63, 3.8) is 0 Å². The molecule has 0 aromatic heterocycles. The molecule has 0 aromatic carbocycles. The lowest BCUT2D eigenvalue weighted by Crippen LogP contribution is -2.30. The smallest absolute Gasteiger partial charge is 0.306 e. The zero-order chi connectivity index (χ0) is 41.7. The second-order valence-electron chi connectivity index (χ2n) is 17.9. The second kappa shape index (κ2) is 45.5. The molecule has 0 fully saturated rings. The van der Waals surface area contributed by atoms with Gasteiger partial charge in [-0.05, 0) is 25.2 Å². The highest BCUT2D eigenvalue weighted by Gasteiger charge is 2.19. The first-order valence-corrected chi connectivity index (χ1v) is 25.4. The average molecular weight is 807 g/mol. The summed E-state index contributed by atoms with van der Waals surface area (Å²) >= 11 is 0. The first kappa shape index (κ1) is 55.4. The Morgan fingerprint density at radius 1 is 0.333 bits per heavy atom. The Hall–Kier alpha value is -1.59. The van der Waals surface area contributed by atoms with Crippen molar-refractivity contribution in [2.24, 2.45) is 5.92 Å². The van der Waals surface area contributed by atoms with Gasteiger partial charge >= 0.3 is 17.9 Å². The molecule has 0 aromatic rings. The van der Waals surface area contributed by atoms with Gasteiger partial charge in [-0.1, -0.05) is 246 Å². The number of carbonyl (C=O) groups is 3. The first-order chi connectivity index (χ1) is 27.9. The molecule has 6 nitrogen and oxygen atoms in total. The van der Waals surface area contributed by atoms with Crippen LogP contribution >= 0.6 is 0 Å². The third-order valence-electron chi connectivity index (χ3n) is 11.5. The number of carbonyl (C=O) groups excluding carboxylic acids is 3. The summed E-state index contributed by atoms with van der Waals surface area (Å²) in [4.78, 5) is 37.6. The molecule has 57 heavy (non-hydrogen) atoms. The van der Waals surface area contributed by atoms with Crippen molar-refractivity contribution in [3.05, 3.63) is 0 Å². The number of esters is 3. The quantitative estimate of drug-likeness (QED) is 0.0346. The van der Waals surface area contributed by atoms with Crippen LogP contribution < -0.4 is 0 Å². The van der Waals surface area contributed by atoms with Gasteiger partial charge in [-0.25, -0.2) is 0 Å². The Balaban J connectivity index is 4.06. The maximum Gasteiger partial charge on any atom is 0.306 e. The van der Waals surface area contributed by atoms with E-state index >= 15 is 0 Å². The highest BCUT2D eigenvalue weighted by atomic mass is 16.6. The largest absolute Gasteiger partial charge is 0.462 e. The molecule has 0 amide bonds. The van der Waals surface area contributed by atoms with Gasteiger partial charge in [0.05, 0.1) is 0 Å². The molecule has 0 radical (unpaired) electrons. The summed E-state index contributed by atoms with van der Waals surface area (Å²) in [7, 11) is 0. The van der Waals surface area contributed by atoms with Crippen LogP contribution in [0.25, 0.3) is 0 Å². The Labute approximate surface area is 355 Å². The summed E-state index contributed by atoms with van der Waals surface area (Å²) in [5.74, 6) is -0.0217. The van der Waals surface area contributed by atoms with E-state index in [2.05, 4.69) is 27.7 Å². The minimum atomic E-state index is -0.758. The van der Waals surface area contributed by atoms with Gasteiger partial charge in [0.2, 0.25) is 0 Å². The highest BCUT2D eigenvalue weighted by Crippen LogP contribution is 2.17. The highest BCUT2D eigenvalue weighted by molar-refractivity contribution is 5.71. The van der Waals surface area contributed by atoms with Crippen LogP contribution in [-0.4, -0.2) is 37.2 Å². The van der Waals surface area contributed by atoms with Gasteiger partial charge in [-0.15, -0.1) is 0 Å². The summed E-state index contributed by atoms with van der Waals surface area (Å²) in [6.07, 6.45) is 47.0. The molecule has 0 unspecified atom stereocenters. The summed E-state index contributed by atoms with van der Waals surface area (Å²) in [5.41, 5.74) is 0. The van der Waals surface area contributed by atoms with Gasteiger partial charge < -0.3 is 14.2 Å². The molecular weight excluding hydrogens is 709 g/mol. The first-order valence-electron chi connectivity index (χ1n) is 25.4. The molecule has 0 heterocycles. The summed E-state index contributed by atoms with van der Waals surface area (Å²) in [6.45, 7) is 8.95. The third kappa shape index (κ3) is 45.3. The lowest BCUT2D eigenvalue weighted by Gasteiger charge is -2.18. The molecule has 0 spiro atoms. The van der Waals surface area contributed by atoms with E-state index in [1.165, 1.54) is 173 Å². The molecule has 0 saturated carbocycles. The van der Waals surface area contributed by atoms with Gasteiger partial charge in [0.25, 0.3) is 0 Å². The lowest BCUT2D eigenvalue weighted by atomic mass is 10.0. The molecular formula is C51H98O6. The topological polar surface area (TPSA) is 78.9 Å². The van der Waals surface area contributed by atoms with E-state index in [1.807, 2.05) is 0 Å². The van der Waals surface area contributed by atoms with E-state index in [9.17, 15) is 14.4 Å². The van der Waals surface area contributed by atoms with Crippen molar-refractivity contribution < 1.29 is 28.6 Å². The number of hydrogen-bond donors (Lipinski definition) is 0. The fourth-order valence-electron chi connectivity index (χ4n) is 7.69. The summed E-state index contributed by atoms with van der Waals surface area (Å²) in [6, 6.07) is 0. The second-order valence-corrected chi connectivity index (χ2v) is 17.9. The average Bonchev–Trinajstić information content (AvgIpc) is 3.19. The summed E-state index contributed by atoms with van der Waals surface area (Å²) in [5, 5.41) is 0. The Morgan fingerprint density at radius 3 is 0.860 bits per heavy atom. The van der Waals surface area contributed by atoms with Crippen molar-refractivity contribution >= 4 is 17.9 Å². The molecule has 0 saturated heterocycles. The van der Waals surface area contributed by atoms with Crippen LogP contribution in [0.2, 0.25) is 0 Å². The van der Waals surface area contributed by atoms with E-state index in [4.69, 9.17) is 14.2 Å². The van der Waals surface area contributed by atoms with Crippen LogP contribution in [0.4, 0.5) is 0 Å². The number of hydrogen-bond acceptors (Lipinski definition) is 6. The maximum atomic E-state index is 12.6. The van der Waals surface area contributed by atoms with Gasteiger partial charge in [0.1, 0.15) is 13.2 Å². The zero-order valence-corrected chi connectivity index (χ0v) is 38.8. The van der Waals surface area contributed by atoms with Crippen LogP contribution in [0.1, 0.15) is 285 Å². The molecule has 0 N–H and O–H groups in total.